The van der Waals surface area contributed by atoms with Crippen LogP contribution in [0.25, 0.3) is 6.08 Å². The van der Waals surface area contributed by atoms with E-state index in [-0.39, 0.29) is 16.2 Å². The Morgan fingerprint density at radius 2 is 1.88 bits per heavy atom. The Balaban J connectivity index is 2.01. The van der Waals surface area contributed by atoms with Crippen LogP contribution in [0.2, 0.25) is 0 Å². The number of hydrogen-bond acceptors (Lipinski definition) is 5. The summed E-state index contributed by atoms with van der Waals surface area (Å²) in [5.74, 6) is -1.59. The number of carbonyl (C=O) groups excluding carboxylic acids is 2. The average molecular weight is 355 g/mol. The summed E-state index contributed by atoms with van der Waals surface area (Å²) in [6, 6.07) is 10.6. The van der Waals surface area contributed by atoms with Crippen molar-refractivity contribution < 1.29 is 24.6 Å². The maximum absolute atomic E-state index is 12.6. The lowest BCUT2D eigenvalue weighted by Crippen LogP contribution is -2.28. The standard InChI is InChI=1S/C18H13NO5S/c1-10-8-12(20)6-7-14(10)19-16(21)15(25-18(19)24)9-11-4-2-3-5-13(11)17(22)23/h2-9,20H,1H3,(H,22,23)/b15-9+. The fraction of sp³-hybridized carbons (Fsp3) is 0.0556. The Kier molecular flexibility index (Phi) is 4.33. The Morgan fingerprint density at radius 1 is 1.16 bits per heavy atom. The zero-order valence-corrected chi connectivity index (χ0v) is 13.9. The molecule has 0 bridgehead atoms. The van der Waals surface area contributed by atoms with Crippen LogP contribution in [0.1, 0.15) is 21.5 Å². The number of anilines is 1. The van der Waals surface area contributed by atoms with Crippen LogP contribution in [0.4, 0.5) is 10.5 Å². The summed E-state index contributed by atoms with van der Waals surface area (Å²) in [6.45, 7) is 1.68. The molecule has 2 aromatic carbocycles. The molecule has 0 saturated carbocycles. The molecule has 3 rings (SSSR count). The normalized spacial score (nSPS) is 15.9. The predicted octanol–water partition coefficient (Wildman–Crippen LogP) is 3.64. The number of carboxylic acids is 1. The fourth-order valence-corrected chi connectivity index (χ4v) is 3.35. The molecule has 0 aliphatic carbocycles. The van der Waals surface area contributed by atoms with Gasteiger partial charge in [0.1, 0.15) is 5.75 Å². The summed E-state index contributed by atoms with van der Waals surface area (Å²) in [7, 11) is 0. The Bertz CT molecular complexity index is 935. The van der Waals surface area contributed by atoms with Gasteiger partial charge in [-0.05, 0) is 60.2 Å². The number of imide groups is 1. The quantitative estimate of drug-likeness (QED) is 0.816. The summed E-state index contributed by atoms with van der Waals surface area (Å²) in [4.78, 5) is 37.4. The molecule has 0 radical (unpaired) electrons. The van der Waals surface area contributed by atoms with Gasteiger partial charge in [-0.1, -0.05) is 18.2 Å². The van der Waals surface area contributed by atoms with Gasteiger partial charge in [0.25, 0.3) is 11.1 Å². The summed E-state index contributed by atoms with van der Waals surface area (Å²) in [5, 5.41) is 18.2. The van der Waals surface area contributed by atoms with E-state index in [1.807, 2.05) is 0 Å². The molecule has 0 spiro atoms. The van der Waals surface area contributed by atoms with Crippen LogP contribution in [0.5, 0.6) is 5.75 Å². The van der Waals surface area contributed by atoms with E-state index >= 15 is 0 Å². The highest BCUT2D eigenvalue weighted by Crippen LogP contribution is 2.38. The van der Waals surface area contributed by atoms with Crippen molar-refractivity contribution in [2.75, 3.05) is 4.90 Å². The van der Waals surface area contributed by atoms with E-state index in [0.717, 1.165) is 16.7 Å². The van der Waals surface area contributed by atoms with Crippen molar-refractivity contribution in [3.63, 3.8) is 0 Å². The lowest BCUT2D eigenvalue weighted by atomic mass is 10.1. The van der Waals surface area contributed by atoms with E-state index in [2.05, 4.69) is 0 Å². The topological polar surface area (TPSA) is 94.9 Å². The number of carbonyl (C=O) groups is 3. The summed E-state index contributed by atoms with van der Waals surface area (Å²) in [6.07, 6.45) is 1.41. The number of carboxylic acid groups (broad SMARTS) is 1. The highest BCUT2D eigenvalue weighted by atomic mass is 32.2. The molecular weight excluding hydrogens is 342 g/mol. The Hall–Kier alpha value is -3.06. The van der Waals surface area contributed by atoms with Gasteiger partial charge in [0.15, 0.2) is 0 Å². The van der Waals surface area contributed by atoms with Gasteiger partial charge in [0.05, 0.1) is 16.2 Å². The molecular formula is C18H13NO5S. The molecule has 7 heteroatoms. The second-order valence-corrected chi connectivity index (χ2v) is 6.37. The third-order valence-electron chi connectivity index (χ3n) is 3.69. The fourth-order valence-electron chi connectivity index (χ4n) is 2.52. The molecule has 1 fully saturated rings. The van der Waals surface area contributed by atoms with E-state index in [4.69, 9.17) is 0 Å². The minimum absolute atomic E-state index is 0.0409. The number of aromatic carboxylic acids is 1. The molecule has 1 aliphatic rings. The van der Waals surface area contributed by atoms with Crippen molar-refractivity contribution in [1.82, 2.24) is 0 Å². The molecule has 1 heterocycles. The largest absolute Gasteiger partial charge is 0.508 e. The molecule has 0 atom stereocenters. The number of phenolic OH excluding ortho intramolecular Hbond substituents is 1. The molecule has 0 aromatic heterocycles. The monoisotopic (exact) mass is 355 g/mol. The number of phenols is 1. The van der Waals surface area contributed by atoms with Crippen LogP contribution in [0.15, 0.2) is 47.4 Å². The van der Waals surface area contributed by atoms with E-state index in [1.165, 1.54) is 30.3 Å². The highest BCUT2D eigenvalue weighted by molar-refractivity contribution is 8.19. The second-order valence-electron chi connectivity index (χ2n) is 5.38. The molecule has 6 nitrogen and oxygen atoms in total. The Morgan fingerprint density at radius 3 is 2.56 bits per heavy atom. The minimum atomic E-state index is -1.11. The van der Waals surface area contributed by atoms with Gasteiger partial charge in [0, 0.05) is 0 Å². The smallest absolute Gasteiger partial charge is 0.336 e. The van der Waals surface area contributed by atoms with E-state index in [9.17, 15) is 24.6 Å². The van der Waals surface area contributed by atoms with Gasteiger partial charge < -0.3 is 10.2 Å². The maximum atomic E-state index is 12.6. The number of aryl methyl sites for hydroxylation is 1. The number of amides is 2. The number of nitrogens with zero attached hydrogens (tertiary/aromatic N) is 1. The third-order valence-corrected chi connectivity index (χ3v) is 4.56. The number of aromatic hydroxyl groups is 1. The van der Waals surface area contributed by atoms with Crippen molar-refractivity contribution in [2.24, 2.45) is 0 Å². The van der Waals surface area contributed by atoms with E-state index in [1.54, 1.807) is 25.1 Å². The number of thioether (sulfide) groups is 1. The molecule has 126 valence electrons. The molecule has 2 amide bonds. The molecule has 2 N–H and O–H groups in total. The van der Waals surface area contributed by atoms with Crippen molar-refractivity contribution >= 4 is 40.6 Å². The summed E-state index contributed by atoms with van der Waals surface area (Å²) >= 11 is 0.748. The summed E-state index contributed by atoms with van der Waals surface area (Å²) in [5.41, 5.74) is 1.36. The van der Waals surface area contributed by atoms with Gasteiger partial charge in [-0.15, -0.1) is 0 Å². The number of rotatable bonds is 3. The van der Waals surface area contributed by atoms with Gasteiger partial charge in [-0.25, -0.2) is 9.69 Å². The molecule has 1 saturated heterocycles. The zero-order valence-electron chi connectivity index (χ0n) is 13.1. The lowest BCUT2D eigenvalue weighted by Gasteiger charge is -2.15. The van der Waals surface area contributed by atoms with E-state index < -0.39 is 17.1 Å². The van der Waals surface area contributed by atoms with Gasteiger partial charge >= 0.3 is 5.97 Å². The van der Waals surface area contributed by atoms with Gasteiger partial charge in [-0.2, -0.15) is 0 Å². The van der Waals surface area contributed by atoms with Crippen molar-refractivity contribution in [2.45, 2.75) is 6.92 Å². The SMILES string of the molecule is Cc1cc(O)ccc1N1C(=O)S/C(=C/c2ccccc2C(=O)O)C1=O. The van der Waals surface area contributed by atoms with Crippen LogP contribution in [0.3, 0.4) is 0 Å². The first kappa shape index (κ1) is 16.8. The van der Waals surface area contributed by atoms with Gasteiger partial charge in [-0.3, -0.25) is 9.59 Å². The molecule has 0 unspecified atom stereocenters. The number of hydrogen-bond donors (Lipinski definition) is 2. The minimum Gasteiger partial charge on any atom is -0.508 e. The zero-order chi connectivity index (χ0) is 18.1. The molecule has 1 aliphatic heterocycles. The first-order chi connectivity index (χ1) is 11.9. The molecule has 2 aromatic rings. The van der Waals surface area contributed by atoms with Crippen LogP contribution in [-0.4, -0.2) is 27.3 Å². The van der Waals surface area contributed by atoms with Crippen molar-refractivity contribution in [3.8, 4) is 5.75 Å². The number of benzene rings is 2. The van der Waals surface area contributed by atoms with Crippen molar-refractivity contribution in [3.05, 3.63) is 64.1 Å². The average Bonchev–Trinajstić information content (AvgIpc) is 2.82. The van der Waals surface area contributed by atoms with Crippen molar-refractivity contribution in [1.29, 1.82) is 0 Å². The lowest BCUT2D eigenvalue weighted by molar-refractivity contribution is -0.113. The van der Waals surface area contributed by atoms with Crippen LogP contribution in [0, 0.1) is 6.92 Å². The summed E-state index contributed by atoms with van der Waals surface area (Å²) < 4.78 is 0. The van der Waals surface area contributed by atoms with Gasteiger partial charge in [0.2, 0.25) is 0 Å². The van der Waals surface area contributed by atoms with Crippen LogP contribution in [-0.2, 0) is 4.79 Å². The maximum Gasteiger partial charge on any atom is 0.336 e. The Labute approximate surface area is 147 Å². The first-order valence-electron chi connectivity index (χ1n) is 7.28. The van der Waals surface area contributed by atoms with Crippen LogP contribution < -0.4 is 4.90 Å². The van der Waals surface area contributed by atoms with E-state index in [0.29, 0.717) is 16.8 Å². The third kappa shape index (κ3) is 3.14. The first-order valence-corrected chi connectivity index (χ1v) is 8.10. The highest BCUT2D eigenvalue weighted by Gasteiger charge is 2.37. The second kappa shape index (κ2) is 6.45. The van der Waals surface area contributed by atoms with Crippen LogP contribution >= 0.6 is 11.8 Å². The predicted molar refractivity (Wildman–Crippen MR) is 94.7 cm³/mol. The molecule has 25 heavy (non-hydrogen) atoms.